The molecule has 2 aromatic carbocycles. The summed E-state index contributed by atoms with van der Waals surface area (Å²) in [5.41, 5.74) is -0.344. The Hall–Kier alpha value is -3.57. The van der Waals surface area contributed by atoms with Gasteiger partial charge in [0.2, 0.25) is 0 Å². The minimum Gasteiger partial charge on any atom is -0.420 e. The highest BCUT2D eigenvalue weighted by molar-refractivity contribution is 6.20. The maximum absolute atomic E-state index is 13.0. The number of amides is 1. The van der Waals surface area contributed by atoms with Gasteiger partial charge in [-0.2, -0.15) is 15.4 Å². The molecule has 0 bridgehead atoms. The predicted molar refractivity (Wildman–Crippen MR) is 115 cm³/mol. The Morgan fingerprint density at radius 1 is 1.33 bits per heavy atom. The Morgan fingerprint density at radius 2 is 2.12 bits per heavy atom. The fourth-order valence-electron chi connectivity index (χ4n) is 3.85. The van der Waals surface area contributed by atoms with Gasteiger partial charge in [0.25, 0.3) is 5.91 Å². The summed E-state index contributed by atoms with van der Waals surface area (Å²) in [5, 5.41) is 13.4. The van der Waals surface area contributed by atoms with Crippen LogP contribution in [0.1, 0.15) is 29.1 Å². The van der Waals surface area contributed by atoms with Crippen LogP contribution in [-0.4, -0.2) is 43.0 Å². The lowest BCUT2D eigenvalue weighted by atomic mass is 10.0. The highest BCUT2D eigenvalue weighted by Gasteiger charge is 2.28. The Bertz CT molecular complexity index is 1320. The lowest BCUT2D eigenvalue weighted by molar-refractivity contribution is -0.0964. The molecule has 1 aliphatic heterocycles. The smallest absolute Gasteiger partial charge is 0.420 e. The van der Waals surface area contributed by atoms with E-state index in [9.17, 15) is 13.6 Å². The summed E-state index contributed by atoms with van der Waals surface area (Å²) in [7, 11) is 0. The molecule has 3 heterocycles. The summed E-state index contributed by atoms with van der Waals surface area (Å²) >= 11 is 4.77. The van der Waals surface area contributed by atoms with Crippen LogP contribution in [-0.2, 0) is 11.3 Å². The summed E-state index contributed by atoms with van der Waals surface area (Å²) in [6, 6.07) is 8.89. The van der Waals surface area contributed by atoms with Crippen molar-refractivity contribution in [3.05, 3.63) is 54.0 Å². The second-order valence-electron chi connectivity index (χ2n) is 7.54. The van der Waals surface area contributed by atoms with E-state index in [2.05, 4.69) is 35.0 Å². The molecule has 5 rings (SSSR count). The summed E-state index contributed by atoms with van der Waals surface area (Å²) in [5.74, 6) is 0.216. The highest BCUT2D eigenvalue weighted by atomic mass is 35.5. The molecular formula is C21H17ClF2N6O3. The van der Waals surface area contributed by atoms with Crippen LogP contribution in [0.15, 0.2) is 42.6 Å². The van der Waals surface area contributed by atoms with Crippen molar-refractivity contribution in [2.75, 3.05) is 11.9 Å². The number of nitrogens with zero attached hydrogens (tertiary/aromatic N) is 4. The molecule has 4 aromatic rings. The van der Waals surface area contributed by atoms with E-state index < -0.39 is 11.5 Å². The first-order chi connectivity index (χ1) is 15.8. The molecule has 12 heteroatoms. The fraction of sp³-hybridized carbons (Fsp3) is 0.238. The van der Waals surface area contributed by atoms with Gasteiger partial charge in [-0.3, -0.25) is 4.79 Å². The third-order valence-electron chi connectivity index (χ3n) is 5.19. The largest absolute Gasteiger partial charge is 0.487 e. The van der Waals surface area contributed by atoms with E-state index in [4.69, 9.17) is 16.3 Å². The van der Waals surface area contributed by atoms with E-state index in [1.807, 2.05) is 6.92 Å². The molecular weight excluding hydrogens is 458 g/mol. The number of halogens is 3. The fourth-order valence-corrected chi connectivity index (χ4v) is 3.94. The van der Waals surface area contributed by atoms with E-state index in [1.54, 1.807) is 18.3 Å². The average Bonchev–Trinajstić information content (AvgIpc) is 3.41. The molecule has 33 heavy (non-hydrogen) atoms. The number of aromatic nitrogens is 5. The van der Waals surface area contributed by atoms with Gasteiger partial charge < -0.3 is 19.4 Å². The van der Waals surface area contributed by atoms with Crippen LogP contribution >= 0.6 is 11.6 Å². The Morgan fingerprint density at radius 3 is 2.82 bits per heavy atom. The number of anilines is 1. The molecule has 0 unspecified atom stereocenters. The number of carbonyl (C=O) groups is 1. The molecule has 9 nitrogen and oxygen atoms in total. The third kappa shape index (κ3) is 4.24. The number of nitrogens with one attached hydrogen (secondary N) is 2. The Kier molecular flexibility index (Phi) is 5.22. The number of ether oxygens (including phenoxy) is 2. The number of aromatic amines is 1. The molecule has 0 saturated heterocycles. The van der Waals surface area contributed by atoms with Crippen molar-refractivity contribution in [3.8, 4) is 17.0 Å². The second-order valence-corrected chi connectivity index (χ2v) is 7.98. The van der Waals surface area contributed by atoms with Gasteiger partial charge in [-0.05, 0) is 43.3 Å². The quantitative estimate of drug-likeness (QED) is 0.417. The maximum atomic E-state index is 13.0. The van der Waals surface area contributed by atoms with Crippen LogP contribution in [0, 0.1) is 0 Å². The number of hydrogen-bond donors (Lipinski definition) is 2. The van der Waals surface area contributed by atoms with Crippen molar-refractivity contribution in [1.29, 1.82) is 0 Å². The Balaban J connectivity index is 1.50. The number of carbonyl (C=O) groups excluding carboxylic acids is 1. The molecule has 0 fully saturated rings. The zero-order chi connectivity index (χ0) is 23.2. The van der Waals surface area contributed by atoms with Crippen LogP contribution in [0.5, 0.6) is 5.75 Å². The summed E-state index contributed by atoms with van der Waals surface area (Å²) < 4.78 is 37.5. The zero-order valence-electron chi connectivity index (χ0n) is 17.2. The molecule has 1 aliphatic rings. The van der Waals surface area contributed by atoms with Gasteiger partial charge >= 0.3 is 5.57 Å². The lowest BCUT2D eigenvalue weighted by Crippen LogP contribution is -2.21. The van der Waals surface area contributed by atoms with Gasteiger partial charge in [0, 0.05) is 28.4 Å². The molecule has 0 aliphatic carbocycles. The van der Waals surface area contributed by atoms with Crippen molar-refractivity contribution in [2.24, 2.45) is 0 Å². The molecule has 0 spiro atoms. The first kappa shape index (κ1) is 21.3. The number of hydrogen-bond acceptors (Lipinski definition) is 6. The monoisotopic (exact) mass is 474 g/mol. The van der Waals surface area contributed by atoms with Crippen molar-refractivity contribution in [1.82, 2.24) is 25.0 Å². The zero-order valence-corrected chi connectivity index (χ0v) is 17.9. The molecule has 1 atom stereocenters. The van der Waals surface area contributed by atoms with E-state index in [0.29, 0.717) is 41.2 Å². The van der Waals surface area contributed by atoms with Crippen LogP contribution in [0.25, 0.3) is 22.3 Å². The van der Waals surface area contributed by atoms with Gasteiger partial charge in [0.05, 0.1) is 29.9 Å². The standard InChI is InChI=1S/C21H17ClF2N6O3/c1-11-9-32-10-18-27-16-7-12(6-15(19(16)30(11)18)17-8-25-29-28-17)20(31)26-13-2-4-14(5-3-13)33-21(22,23)24/h2-8,11H,9-10H2,1H3,(H,26,31)(H,25,28,29)/t11-/m1/s1. The Labute approximate surface area is 190 Å². The van der Waals surface area contributed by atoms with Crippen LogP contribution in [0.4, 0.5) is 14.5 Å². The van der Waals surface area contributed by atoms with Gasteiger partial charge in [-0.25, -0.2) is 4.98 Å². The topological polar surface area (TPSA) is 107 Å². The van der Waals surface area contributed by atoms with E-state index >= 15 is 0 Å². The third-order valence-corrected chi connectivity index (χ3v) is 5.27. The van der Waals surface area contributed by atoms with Crippen LogP contribution < -0.4 is 10.1 Å². The van der Waals surface area contributed by atoms with Crippen molar-refractivity contribution >= 4 is 34.2 Å². The molecule has 2 N–H and O–H groups in total. The first-order valence-electron chi connectivity index (χ1n) is 9.94. The number of H-pyrrole nitrogens is 1. The van der Waals surface area contributed by atoms with Crippen molar-refractivity contribution in [3.63, 3.8) is 0 Å². The van der Waals surface area contributed by atoms with Gasteiger partial charge in [0.1, 0.15) is 23.9 Å². The van der Waals surface area contributed by atoms with Gasteiger partial charge in [-0.1, -0.05) is 0 Å². The van der Waals surface area contributed by atoms with E-state index in [0.717, 1.165) is 11.3 Å². The minimum absolute atomic E-state index is 0.0603. The average molecular weight is 475 g/mol. The summed E-state index contributed by atoms with van der Waals surface area (Å²) in [6.07, 6.45) is 1.58. The predicted octanol–water partition coefficient (Wildman–Crippen LogP) is 4.33. The maximum Gasteiger partial charge on any atom is 0.487 e. The van der Waals surface area contributed by atoms with E-state index in [-0.39, 0.29) is 11.8 Å². The number of rotatable bonds is 5. The molecule has 0 saturated carbocycles. The SMILES string of the molecule is C[C@@H]1COCc2nc3cc(C(=O)Nc4ccc(OC(F)(F)Cl)cc4)cc(-c4cn[nH]n4)c3n21. The lowest BCUT2D eigenvalue weighted by Gasteiger charge is -2.23. The minimum atomic E-state index is -3.82. The first-order valence-corrected chi connectivity index (χ1v) is 10.3. The number of alkyl halides is 3. The highest BCUT2D eigenvalue weighted by Crippen LogP contribution is 2.34. The van der Waals surface area contributed by atoms with Crippen molar-refractivity contribution in [2.45, 2.75) is 25.1 Å². The van der Waals surface area contributed by atoms with Gasteiger partial charge in [0.15, 0.2) is 0 Å². The molecule has 2 aromatic heterocycles. The summed E-state index contributed by atoms with van der Waals surface area (Å²) in [4.78, 5) is 17.7. The number of fused-ring (bicyclic) bond motifs is 3. The van der Waals surface area contributed by atoms with Gasteiger partial charge in [-0.15, -0.1) is 8.78 Å². The number of benzene rings is 2. The second kappa shape index (κ2) is 8.09. The summed E-state index contributed by atoms with van der Waals surface area (Å²) in [6.45, 7) is 2.95. The molecule has 170 valence electrons. The molecule has 1 amide bonds. The van der Waals surface area contributed by atoms with Crippen LogP contribution in [0.3, 0.4) is 0 Å². The van der Waals surface area contributed by atoms with Crippen molar-refractivity contribution < 1.29 is 23.0 Å². The van der Waals surface area contributed by atoms with Crippen LogP contribution in [0.2, 0.25) is 0 Å². The van der Waals surface area contributed by atoms with E-state index in [1.165, 1.54) is 24.3 Å². The number of imidazole rings is 1. The normalized spacial score (nSPS) is 15.9. The molecule has 0 radical (unpaired) electrons.